The Labute approximate surface area is 168 Å². The summed E-state index contributed by atoms with van der Waals surface area (Å²) in [6, 6.07) is 9.99. The number of fused-ring (bicyclic) bond motifs is 1. The summed E-state index contributed by atoms with van der Waals surface area (Å²) in [7, 11) is 0. The third-order valence-electron chi connectivity index (χ3n) is 5.01. The molecular formula is C20H25N5O2S. The molecule has 0 radical (unpaired) electrons. The van der Waals surface area contributed by atoms with E-state index in [1.54, 1.807) is 16.2 Å². The highest BCUT2D eigenvalue weighted by atomic mass is 32.1. The van der Waals surface area contributed by atoms with Crippen LogP contribution in [0.1, 0.15) is 18.4 Å². The third kappa shape index (κ3) is 4.24. The first-order valence-corrected chi connectivity index (χ1v) is 10.5. The minimum Gasteiger partial charge on any atom is -0.360 e. The van der Waals surface area contributed by atoms with E-state index in [-0.39, 0.29) is 5.91 Å². The van der Waals surface area contributed by atoms with E-state index < -0.39 is 0 Å². The average Bonchev–Trinajstić information content (AvgIpc) is 3.29. The monoisotopic (exact) mass is 399 g/mol. The molecule has 28 heavy (non-hydrogen) atoms. The van der Waals surface area contributed by atoms with Crippen LogP contribution in [0.2, 0.25) is 0 Å². The van der Waals surface area contributed by atoms with Crippen LogP contribution >= 0.6 is 11.3 Å². The van der Waals surface area contributed by atoms with Crippen molar-refractivity contribution >= 4 is 32.6 Å². The molecule has 8 heteroatoms. The predicted molar refractivity (Wildman–Crippen MR) is 111 cm³/mol. The standard InChI is InChI=1S/C20H25N5O2S/c1-3-25(20-21-17-6-4-5-7-18(17)28-20)19(26)14-24-10-8-23(9-11-24)13-16-12-15(2)22-27-16/h4-7,12H,3,8-11,13-14H2,1-2H3. The molecule has 3 heterocycles. The topological polar surface area (TPSA) is 65.7 Å². The number of likely N-dealkylation sites (N-methyl/N-ethyl adjacent to an activating group) is 1. The Bertz CT molecular complexity index is 912. The summed E-state index contributed by atoms with van der Waals surface area (Å²) in [6.45, 7) is 9.34. The summed E-state index contributed by atoms with van der Waals surface area (Å²) in [5.41, 5.74) is 1.86. The van der Waals surface area contributed by atoms with Gasteiger partial charge < -0.3 is 4.52 Å². The van der Waals surface area contributed by atoms with Gasteiger partial charge in [-0.3, -0.25) is 19.5 Å². The number of nitrogens with zero attached hydrogens (tertiary/aromatic N) is 5. The van der Waals surface area contributed by atoms with Gasteiger partial charge in [0.05, 0.1) is 29.0 Å². The average molecular weight is 400 g/mol. The minimum absolute atomic E-state index is 0.112. The molecule has 0 spiro atoms. The second kappa shape index (κ2) is 8.38. The summed E-state index contributed by atoms with van der Waals surface area (Å²) in [4.78, 5) is 23.9. The number of thiazole rings is 1. The normalized spacial score (nSPS) is 15.9. The van der Waals surface area contributed by atoms with Crippen LogP contribution < -0.4 is 4.90 Å². The minimum atomic E-state index is 0.112. The Morgan fingerprint density at radius 2 is 1.96 bits per heavy atom. The van der Waals surface area contributed by atoms with E-state index in [0.717, 1.165) is 59.5 Å². The first-order valence-electron chi connectivity index (χ1n) is 9.65. The lowest BCUT2D eigenvalue weighted by molar-refractivity contribution is -0.120. The molecule has 0 N–H and O–H groups in total. The Kier molecular flexibility index (Phi) is 5.70. The van der Waals surface area contributed by atoms with Crippen molar-refractivity contribution in [1.82, 2.24) is 19.9 Å². The van der Waals surface area contributed by atoms with Gasteiger partial charge in [0.2, 0.25) is 5.91 Å². The number of benzene rings is 1. The summed E-state index contributed by atoms with van der Waals surface area (Å²) in [6.07, 6.45) is 0. The number of rotatable bonds is 6. The number of carbonyl (C=O) groups excluding carboxylic acids is 1. The van der Waals surface area contributed by atoms with Crippen LogP contribution in [0.15, 0.2) is 34.9 Å². The maximum absolute atomic E-state index is 12.9. The molecule has 0 aliphatic carbocycles. The van der Waals surface area contributed by atoms with Gasteiger partial charge in [0.1, 0.15) is 0 Å². The zero-order chi connectivity index (χ0) is 19.5. The number of aryl methyl sites for hydroxylation is 1. The molecule has 148 valence electrons. The van der Waals surface area contributed by atoms with E-state index >= 15 is 0 Å². The summed E-state index contributed by atoms with van der Waals surface area (Å²) < 4.78 is 6.42. The van der Waals surface area contributed by atoms with E-state index in [1.807, 2.05) is 44.2 Å². The number of para-hydroxylation sites is 1. The Morgan fingerprint density at radius 3 is 2.64 bits per heavy atom. The van der Waals surface area contributed by atoms with Crippen LogP contribution in [-0.2, 0) is 11.3 Å². The highest BCUT2D eigenvalue weighted by Gasteiger charge is 2.24. The quantitative estimate of drug-likeness (QED) is 0.635. The van der Waals surface area contributed by atoms with E-state index in [4.69, 9.17) is 4.52 Å². The van der Waals surface area contributed by atoms with Gasteiger partial charge in [0.15, 0.2) is 10.9 Å². The van der Waals surface area contributed by atoms with Crippen LogP contribution in [0.25, 0.3) is 10.2 Å². The first kappa shape index (κ1) is 19.0. The van der Waals surface area contributed by atoms with E-state index in [1.165, 1.54) is 0 Å². The number of aromatic nitrogens is 2. The van der Waals surface area contributed by atoms with Crippen LogP contribution in [0, 0.1) is 6.92 Å². The number of anilines is 1. The van der Waals surface area contributed by atoms with Crippen molar-refractivity contribution in [2.45, 2.75) is 20.4 Å². The molecule has 7 nitrogen and oxygen atoms in total. The molecule has 0 saturated carbocycles. The van der Waals surface area contributed by atoms with Crippen molar-refractivity contribution in [3.8, 4) is 0 Å². The first-order chi connectivity index (χ1) is 13.6. The van der Waals surface area contributed by atoms with Gasteiger partial charge >= 0.3 is 0 Å². The largest absolute Gasteiger partial charge is 0.360 e. The third-order valence-corrected chi connectivity index (χ3v) is 6.07. The molecule has 0 unspecified atom stereocenters. The molecular weight excluding hydrogens is 374 g/mol. The van der Waals surface area contributed by atoms with Gasteiger partial charge in [-0.25, -0.2) is 4.98 Å². The van der Waals surface area contributed by atoms with Crippen molar-refractivity contribution in [1.29, 1.82) is 0 Å². The number of carbonyl (C=O) groups is 1. The Morgan fingerprint density at radius 1 is 1.21 bits per heavy atom. The lowest BCUT2D eigenvalue weighted by Crippen LogP contribution is -2.49. The molecule has 3 aromatic rings. The van der Waals surface area contributed by atoms with Crippen molar-refractivity contribution in [2.75, 3.05) is 44.2 Å². The van der Waals surface area contributed by atoms with Gasteiger partial charge in [-0.05, 0) is 26.0 Å². The second-order valence-corrected chi connectivity index (χ2v) is 8.10. The molecule has 1 saturated heterocycles. The van der Waals surface area contributed by atoms with Gasteiger partial charge in [0.25, 0.3) is 0 Å². The van der Waals surface area contributed by atoms with Gasteiger partial charge in [0, 0.05) is 38.8 Å². The van der Waals surface area contributed by atoms with Gasteiger partial charge in [-0.15, -0.1) is 0 Å². The number of hydrogen-bond acceptors (Lipinski definition) is 7. The molecule has 0 bridgehead atoms. The molecule has 1 aliphatic heterocycles. The molecule has 1 aliphatic rings. The second-order valence-electron chi connectivity index (χ2n) is 7.09. The van der Waals surface area contributed by atoms with Crippen LogP contribution in [0.5, 0.6) is 0 Å². The van der Waals surface area contributed by atoms with Crippen molar-refractivity contribution < 1.29 is 9.32 Å². The van der Waals surface area contributed by atoms with Crippen molar-refractivity contribution in [2.24, 2.45) is 0 Å². The lowest BCUT2D eigenvalue weighted by Gasteiger charge is -2.34. The molecule has 2 aromatic heterocycles. The van der Waals surface area contributed by atoms with Crippen LogP contribution in [-0.4, -0.2) is 65.1 Å². The summed E-state index contributed by atoms with van der Waals surface area (Å²) in [5, 5.41) is 4.73. The zero-order valence-corrected chi connectivity index (χ0v) is 17.1. The summed E-state index contributed by atoms with van der Waals surface area (Å²) in [5.74, 6) is 1.01. The molecule has 1 aromatic carbocycles. The number of piperazine rings is 1. The maximum atomic E-state index is 12.9. The van der Waals surface area contributed by atoms with Crippen LogP contribution in [0.4, 0.5) is 5.13 Å². The van der Waals surface area contributed by atoms with Crippen molar-refractivity contribution in [3.05, 3.63) is 41.8 Å². The predicted octanol–water partition coefficient (Wildman–Crippen LogP) is 2.76. The molecule has 4 rings (SSSR count). The highest BCUT2D eigenvalue weighted by Crippen LogP contribution is 2.28. The smallest absolute Gasteiger partial charge is 0.242 e. The van der Waals surface area contributed by atoms with Gasteiger partial charge in [-0.1, -0.05) is 28.6 Å². The number of amides is 1. The highest BCUT2D eigenvalue weighted by molar-refractivity contribution is 7.22. The molecule has 1 fully saturated rings. The molecule has 1 amide bonds. The lowest BCUT2D eigenvalue weighted by atomic mass is 10.2. The zero-order valence-electron chi connectivity index (χ0n) is 16.3. The SMILES string of the molecule is CCN(C(=O)CN1CCN(Cc2cc(C)no2)CC1)c1nc2ccccc2s1. The fourth-order valence-electron chi connectivity index (χ4n) is 3.49. The van der Waals surface area contributed by atoms with E-state index in [0.29, 0.717) is 13.1 Å². The Hall–Kier alpha value is -2.29. The maximum Gasteiger partial charge on any atom is 0.242 e. The fourth-order valence-corrected chi connectivity index (χ4v) is 4.53. The fraction of sp³-hybridized carbons (Fsp3) is 0.450. The number of hydrogen-bond donors (Lipinski definition) is 0. The van der Waals surface area contributed by atoms with E-state index in [2.05, 4.69) is 19.9 Å². The van der Waals surface area contributed by atoms with E-state index in [9.17, 15) is 4.79 Å². The molecule has 0 atom stereocenters. The van der Waals surface area contributed by atoms with Gasteiger partial charge in [-0.2, -0.15) is 0 Å². The summed E-state index contributed by atoms with van der Waals surface area (Å²) >= 11 is 1.57. The Balaban J connectivity index is 1.32. The van der Waals surface area contributed by atoms with Crippen LogP contribution in [0.3, 0.4) is 0 Å². The van der Waals surface area contributed by atoms with Crippen molar-refractivity contribution in [3.63, 3.8) is 0 Å².